The smallest absolute Gasteiger partial charge is 0.248 e. The average molecular weight is 206 g/mol. The summed E-state index contributed by atoms with van der Waals surface area (Å²) in [5.41, 5.74) is 7.32. The molecule has 1 aromatic heterocycles. The summed E-state index contributed by atoms with van der Waals surface area (Å²) in [6.45, 7) is 0. The van der Waals surface area contributed by atoms with Crippen molar-refractivity contribution in [1.82, 2.24) is 4.98 Å². The number of aromatic nitrogens is 1. The van der Waals surface area contributed by atoms with Crippen LogP contribution in [0.2, 0.25) is 0 Å². The molecule has 14 heavy (non-hydrogen) atoms. The summed E-state index contributed by atoms with van der Waals surface area (Å²) >= 11 is 1.60. The van der Waals surface area contributed by atoms with Crippen LogP contribution in [0.25, 0.3) is 0 Å². The van der Waals surface area contributed by atoms with E-state index in [1.165, 1.54) is 0 Å². The van der Waals surface area contributed by atoms with E-state index < -0.39 is 0 Å². The molecular weight excluding hydrogens is 196 g/mol. The van der Waals surface area contributed by atoms with Gasteiger partial charge in [-0.15, -0.1) is 11.3 Å². The summed E-state index contributed by atoms with van der Waals surface area (Å²) < 4.78 is 0. The van der Waals surface area contributed by atoms with Crippen LogP contribution >= 0.6 is 11.3 Å². The van der Waals surface area contributed by atoms with Gasteiger partial charge in [0.2, 0.25) is 5.91 Å². The Morgan fingerprint density at radius 2 is 2.00 bits per heavy atom. The molecule has 4 heteroatoms. The van der Waals surface area contributed by atoms with Crippen LogP contribution in [-0.4, -0.2) is 10.9 Å². The molecule has 1 aromatic carbocycles. The minimum atomic E-state index is -0.379. The van der Waals surface area contributed by atoms with Crippen LogP contribution in [0.3, 0.4) is 0 Å². The zero-order valence-electron chi connectivity index (χ0n) is 7.46. The van der Waals surface area contributed by atoms with Gasteiger partial charge >= 0.3 is 0 Å². The predicted molar refractivity (Wildman–Crippen MR) is 57.1 cm³/mol. The predicted octanol–water partition coefficient (Wildman–Crippen LogP) is 1.93. The van der Waals surface area contributed by atoms with E-state index in [1.807, 2.05) is 11.4 Å². The van der Waals surface area contributed by atoms with Gasteiger partial charge in [0.1, 0.15) is 0 Å². The molecule has 0 saturated heterocycles. The second-order valence-electron chi connectivity index (χ2n) is 2.41. The van der Waals surface area contributed by atoms with Crippen molar-refractivity contribution in [3.8, 4) is 0 Å². The van der Waals surface area contributed by atoms with E-state index in [0.717, 1.165) is 0 Å². The number of rotatable bonds is 1. The van der Waals surface area contributed by atoms with Gasteiger partial charge in [-0.3, -0.25) is 9.78 Å². The number of carbonyl (C=O) groups is 1. The number of primary amides is 1. The lowest BCUT2D eigenvalue weighted by molar-refractivity contribution is 0.100. The molecule has 0 bridgehead atoms. The molecule has 72 valence electrons. The van der Waals surface area contributed by atoms with E-state index in [1.54, 1.807) is 47.3 Å². The maximum atomic E-state index is 10.4. The Hall–Kier alpha value is -1.68. The van der Waals surface area contributed by atoms with Crippen LogP contribution in [0.1, 0.15) is 10.4 Å². The molecule has 0 spiro atoms. The van der Waals surface area contributed by atoms with E-state index in [4.69, 9.17) is 5.73 Å². The van der Waals surface area contributed by atoms with Crippen LogP contribution in [0.15, 0.2) is 47.4 Å². The van der Waals surface area contributed by atoms with Gasteiger partial charge in [-0.1, -0.05) is 18.2 Å². The Balaban J connectivity index is 0.000000165. The van der Waals surface area contributed by atoms with Crippen molar-refractivity contribution in [1.29, 1.82) is 0 Å². The first-order valence-electron chi connectivity index (χ1n) is 3.97. The summed E-state index contributed by atoms with van der Waals surface area (Å²) in [7, 11) is 0. The van der Waals surface area contributed by atoms with E-state index in [-0.39, 0.29) is 5.91 Å². The SMILES string of the molecule is NC(=O)c1ccccc1.c1cscn1. The standard InChI is InChI=1S/C7H7NO.C3H3NS/c8-7(9)6-4-2-1-3-5-6;1-2-5-3-4-1/h1-5H,(H2,8,9);1-3H. The van der Waals surface area contributed by atoms with Gasteiger partial charge in [0.05, 0.1) is 5.51 Å². The number of benzene rings is 1. The fourth-order valence-electron chi connectivity index (χ4n) is 0.778. The van der Waals surface area contributed by atoms with Gasteiger partial charge in [0, 0.05) is 17.1 Å². The maximum Gasteiger partial charge on any atom is 0.248 e. The number of hydrogen-bond donors (Lipinski definition) is 1. The Morgan fingerprint density at radius 1 is 1.29 bits per heavy atom. The number of hydrogen-bond acceptors (Lipinski definition) is 3. The molecule has 0 fully saturated rings. The van der Waals surface area contributed by atoms with Gasteiger partial charge in [-0.25, -0.2) is 0 Å². The first-order valence-corrected chi connectivity index (χ1v) is 4.92. The number of amides is 1. The fraction of sp³-hybridized carbons (Fsp3) is 0. The van der Waals surface area contributed by atoms with Crippen LogP contribution in [-0.2, 0) is 0 Å². The van der Waals surface area contributed by atoms with Gasteiger partial charge in [0.25, 0.3) is 0 Å². The number of nitrogens with two attached hydrogens (primary N) is 1. The van der Waals surface area contributed by atoms with Crippen molar-refractivity contribution in [3.63, 3.8) is 0 Å². The highest BCUT2D eigenvalue weighted by molar-refractivity contribution is 7.07. The largest absolute Gasteiger partial charge is 0.366 e. The van der Waals surface area contributed by atoms with Crippen LogP contribution in [0.5, 0.6) is 0 Å². The third kappa shape index (κ3) is 3.82. The molecule has 3 nitrogen and oxygen atoms in total. The summed E-state index contributed by atoms with van der Waals surface area (Å²) in [6, 6.07) is 8.76. The lowest BCUT2D eigenvalue weighted by Crippen LogP contribution is -2.09. The molecular formula is C10H10N2OS. The minimum absolute atomic E-state index is 0.379. The molecule has 0 aliphatic heterocycles. The molecule has 0 atom stereocenters. The number of thiazole rings is 1. The minimum Gasteiger partial charge on any atom is -0.366 e. The highest BCUT2D eigenvalue weighted by Crippen LogP contribution is 1.94. The second kappa shape index (κ2) is 5.88. The lowest BCUT2D eigenvalue weighted by Gasteiger charge is -1.89. The molecule has 0 saturated carbocycles. The zero-order chi connectivity index (χ0) is 10.2. The van der Waals surface area contributed by atoms with Gasteiger partial charge < -0.3 is 5.73 Å². The Labute approximate surface area is 86.2 Å². The molecule has 0 radical (unpaired) electrons. The maximum absolute atomic E-state index is 10.4. The lowest BCUT2D eigenvalue weighted by atomic mass is 10.2. The van der Waals surface area contributed by atoms with Crippen molar-refractivity contribution in [2.24, 2.45) is 5.73 Å². The van der Waals surface area contributed by atoms with Crippen molar-refractivity contribution in [2.45, 2.75) is 0 Å². The first kappa shape index (κ1) is 10.4. The highest BCUT2D eigenvalue weighted by atomic mass is 32.1. The van der Waals surface area contributed by atoms with Crippen molar-refractivity contribution < 1.29 is 4.79 Å². The van der Waals surface area contributed by atoms with Crippen molar-refractivity contribution >= 4 is 17.2 Å². The molecule has 2 aromatic rings. The molecule has 1 amide bonds. The Morgan fingerprint density at radius 3 is 2.29 bits per heavy atom. The second-order valence-corrected chi connectivity index (χ2v) is 3.16. The van der Waals surface area contributed by atoms with Crippen LogP contribution in [0, 0.1) is 0 Å². The summed E-state index contributed by atoms with van der Waals surface area (Å²) in [4.78, 5) is 14.2. The quantitative estimate of drug-likeness (QED) is 0.775. The molecule has 0 aliphatic rings. The summed E-state index contributed by atoms with van der Waals surface area (Å²) in [5.74, 6) is -0.379. The highest BCUT2D eigenvalue weighted by Gasteiger charge is 1.93. The zero-order valence-corrected chi connectivity index (χ0v) is 8.28. The average Bonchev–Trinajstić information content (AvgIpc) is 2.77. The molecule has 1 heterocycles. The monoisotopic (exact) mass is 206 g/mol. The molecule has 2 N–H and O–H groups in total. The molecule has 2 rings (SSSR count). The van der Waals surface area contributed by atoms with Gasteiger partial charge in [0.15, 0.2) is 0 Å². The number of nitrogens with zero attached hydrogens (tertiary/aromatic N) is 1. The third-order valence-electron chi connectivity index (χ3n) is 1.41. The normalized spacial score (nSPS) is 8.57. The summed E-state index contributed by atoms with van der Waals surface area (Å²) in [5, 5.41) is 1.93. The summed E-state index contributed by atoms with van der Waals surface area (Å²) in [6.07, 6.45) is 1.77. The molecule has 0 unspecified atom stereocenters. The Bertz CT molecular complexity index is 342. The van der Waals surface area contributed by atoms with E-state index in [2.05, 4.69) is 4.98 Å². The van der Waals surface area contributed by atoms with E-state index in [9.17, 15) is 4.79 Å². The fourth-order valence-corrected chi connectivity index (χ4v) is 1.13. The molecule has 0 aliphatic carbocycles. The first-order chi connectivity index (χ1) is 6.80. The van der Waals surface area contributed by atoms with Crippen LogP contribution in [0.4, 0.5) is 0 Å². The van der Waals surface area contributed by atoms with Crippen molar-refractivity contribution in [2.75, 3.05) is 0 Å². The van der Waals surface area contributed by atoms with Crippen LogP contribution < -0.4 is 5.73 Å². The Kier molecular flexibility index (Phi) is 4.37. The van der Waals surface area contributed by atoms with E-state index >= 15 is 0 Å². The van der Waals surface area contributed by atoms with Crippen molar-refractivity contribution in [3.05, 3.63) is 53.0 Å². The third-order valence-corrected chi connectivity index (χ3v) is 1.93. The van der Waals surface area contributed by atoms with Gasteiger partial charge in [-0.2, -0.15) is 0 Å². The number of carbonyl (C=O) groups excluding carboxylic acids is 1. The van der Waals surface area contributed by atoms with E-state index in [0.29, 0.717) is 5.56 Å². The van der Waals surface area contributed by atoms with Gasteiger partial charge in [-0.05, 0) is 12.1 Å². The topological polar surface area (TPSA) is 56.0 Å².